The van der Waals surface area contributed by atoms with Crippen LogP contribution in [0.25, 0.3) is 11.1 Å². The van der Waals surface area contributed by atoms with Gasteiger partial charge < -0.3 is 0 Å². The minimum absolute atomic E-state index is 0.295. The van der Waals surface area contributed by atoms with Crippen LogP contribution < -0.4 is 5.01 Å². The minimum atomic E-state index is -5.97. The monoisotopic (exact) mass is 517 g/mol. The molecule has 1 atom stereocenters. The summed E-state index contributed by atoms with van der Waals surface area (Å²) in [5.41, 5.74) is -1.56. The third-order valence-electron chi connectivity index (χ3n) is 5.42. The fraction of sp³-hybridized carbons (Fsp3) is 0.217. The fourth-order valence-corrected chi connectivity index (χ4v) is 4.01. The van der Waals surface area contributed by atoms with Gasteiger partial charge in [-0.1, -0.05) is 12.1 Å². The standard InChI is InChI=1S/C23H15F8N3S/c1-35-21-7-3-13(11-32-21)12-2-5-16(25)15(8-12)19-10-20(22(27,28)23(29,30)31)33-34(19)18-6-4-14(24)9-17(18)26/h2-9,11,19H,10H2,1H3. The summed E-state index contributed by atoms with van der Waals surface area (Å²) < 4.78 is 110. The van der Waals surface area contributed by atoms with Crippen molar-refractivity contribution in [2.75, 3.05) is 11.3 Å². The number of hydrazone groups is 1. The number of aromatic nitrogens is 1. The average molecular weight is 517 g/mol. The Morgan fingerprint density at radius 3 is 2.20 bits per heavy atom. The lowest BCUT2D eigenvalue weighted by Gasteiger charge is -2.25. The van der Waals surface area contributed by atoms with E-state index in [1.54, 1.807) is 12.1 Å². The first kappa shape index (κ1) is 25.0. The number of thioether (sulfide) groups is 1. The van der Waals surface area contributed by atoms with Gasteiger partial charge in [-0.25, -0.2) is 18.2 Å². The molecule has 0 bridgehead atoms. The average Bonchev–Trinajstić information content (AvgIpc) is 3.24. The van der Waals surface area contributed by atoms with Crippen molar-refractivity contribution >= 4 is 23.2 Å². The number of rotatable bonds is 5. The predicted octanol–water partition coefficient (Wildman–Crippen LogP) is 7.39. The van der Waals surface area contributed by atoms with Gasteiger partial charge in [0, 0.05) is 29.8 Å². The highest BCUT2D eigenvalue weighted by atomic mass is 32.2. The molecule has 1 aliphatic heterocycles. The lowest BCUT2D eigenvalue weighted by atomic mass is 9.95. The van der Waals surface area contributed by atoms with Crippen molar-refractivity contribution in [1.29, 1.82) is 0 Å². The number of halogens is 8. The lowest BCUT2D eigenvalue weighted by Crippen LogP contribution is -2.43. The maximum atomic E-state index is 14.9. The van der Waals surface area contributed by atoms with Crippen LogP contribution >= 0.6 is 11.8 Å². The summed E-state index contributed by atoms with van der Waals surface area (Å²) in [5, 5.41) is 4.58. The van der Waals surface area contributed by atoms with E-state index < -0.39 is 53.4 Å². The highest BCUT2D eigenvalue weighted by Crippen LogP contribution is 2.46. The molecule has 1 aliphatic rings. The molecule has 0 fully saturated rings. The molecule has 0 spiro atoms. The van der Waals surface area contributed by atoms with Crippen molar-refractivity contribution in [3.8, 4) is 11.1 Å². The second kappa shape index (κ2) is 9.14. The molecular weight excluding hydrogens is 502 g/mol. The van der Waals surface area contributed by atoms with E-state index in [0.717, 1.165) is 18.2 Å². The van der Waals surface area contributed by atoms with Gasteiger partial charge in [0.2, 0.25) is 0 Å². The van der Waals surface area contributed by atoms with Gasteiger partial charge in [-0.05, 0) is 42.2 Å². The molecule has 1 unspecified atom stereocenters. The summed E-state index contributed by atoms with van der Waals surface area (Å²) in [5.74, 6) is -8.53. The van der Waals surface area contributed by atoms with Gasteiger partial charge in [0.15, 0.2) is 5.82 Å². The zero-order valence-corrected chi connectivity index (χ0v) is 18.6. The molecule has 1 aromatic heterocycles. The van der Waals surface area contributed by atoms with Gasteiger partial charge in [0.25, 0.3) is 0 Å². The number of hydrogen-bond donors (Lipinski definition) is 0. The molecule has 3 nitrogen and oxygen atoms in total. The minimum Gasteiger partial charge on any atom is -0.254 e. The summed E-state index contributed by atoms with van der Waals surface area (Å²) in [6.07, 6.45) is -3.71. The first-order chi connectivity index (χ1) is 16.4. The molecule has 2 heterocycles. The number of pyridine rings is 1. The van der Waals surface area contributed by atoms with Crippen LogP contribution in [0.2, 0.25) is 0 Å². The largest absolute Gasteiger partial charge is 0.459 e. The Morgan fingerprint density at radius 2 is 1.60 bits per heavy atom. The van der Waals surface area contributed by atoms with Crippen LogP contribution in [-0.2, 0) is 0 Å². The van der Waals surface area contributed by atoms with Gasteiger partial charge >= 0.3 is 12.1 Å². The SMILES string of the molecule is CSc1ccc(-c2ccc(F)c(C3CC(C(F)(F)C(F)(F)F)=NN3c3ccc(F)cc3F)c2)cn1. The fourth-order valence-electron chi connectivity index (χ4n) is 3.65. The first-order valence-electron chi connectivity index (χ1n) is 9.99. The molecular formula is C23H15F8N3S. The third kappa shape index (κ3) is 4.71. The van der Waals surface area contributed by atoms with E-state index in [0.29, 0.717) is 27.2 Å². The molecule has 4 rings (SSSR count). The second-order valence-electron chi connectivity index (χ2n) is 7.60. The molecule has 0 saturated carbocycles. The maximum absolute atomic E-state index is 14.9. The summed E-state index contributed by atoms with van der Waals surface area (Å²) in [6, 6.07) is 7.54. The van der Waals surface area contributed by atoms with E-state index in [2.05, 4.69) is 10.1 Å². The Hall–Kier alpha value is -3.15. The van der Waals surface area contributed by atoms with Gasteiger partial charge in [-0.2, -0.15) is 27.1 Å². The Balaban J connectivity index is 1.82. The van der Waals surface area contributed by atoms with Gasteiger partial charge in [0.05, 0.1) is 16.8 Å². The summed E-state index contributed by atoms with van der Waals surface area (Å²) in [6.45, 7) is 0. The summed E-state index contributed by atoms with van der Waals surface area (Å²) in [7, 11) is 0. The molecule has 0 aliphatic carbocycles. The number of anilines is 1. The third-order valence-corrected chi connectivity index (χ3v) is 6.08. The van der Waals surface area contributed by atoms with E-state index >= 15 is 0 Å². The van der Waals surface area contributed by atoms with Crippen molar-refractivity contribution in [2.24, 2.45) is 5.10 Å². The topological polar surface area (TPSA) is 28.5 Å². The molecule has 12 heteroatoms. The quantitative estimate of drug-likeness (QED) is 0.261. The highest BCUT2D eigenvalue weighted by Gasteiger charge is 2.63. The maximum Gasteiger partial charge on any atom is 0.459 e. The van der Waals surface area contributed by atoms with Crippen molar-refractivity contribution in [3.05, 3.63) is 77.7 Å². The Labute approximate surface area is 198 Å². The van der Waals surface area contributed by atoms with Gasteiger partial charge in [-0.15, -0.1) is 11.8 Å². The zero-order chi connectivity index (χ0) is 25.5. The first-order valence-corrected chi connectivity index (χ1v) is 11.2. The second-order valence-corrected chi connectivity index (χ2v) is 8.43. The molecule has 184 valence electrons. The molecule has 35 heavy (non-hydrogen) atoms. The number of benzene rings is 2. The molecule has 0 N–H and O–H groups in total. The summed E-state index contributed by atoms with van der Waals surface area (Å²) in [4.78, 5) is 4.20. The highest BCUT2D eigenvalue weighted by molar-refractivity contribution is 7.98. The number of alkyl halides is 5. The van der Waals surface area contributed by atoms with Crippen LogP contribution in [0.15, 0.2) is 64.9 Å². The van der Waals surface area contributed by atoms with Gasteiger partial charge in [-0.3, -0.25) is 5.01 Å². The lowest BCUT2D eigenvalue weighted by molar-refractivity contribution is -0.249. The molecule has 0 saturated heterocycles. The smallest absolute Gasteiger partial charge is 0.254 e. The summed E-state index contributed by atoms with van der Waals surface area (Å²) >= 11 is 1.39. The van der Waals surface area contributed by atoms with Crippen molar-refractivity contribution < 1.29 is 35.1 Å². The predicted molar refractivity (Wildman–Crippen MR) is 116 cm³/mol. The molecule has 0 amide bonds. The Kier molecular flexibility index (Phi) is 6.52. The van der Waals surface area contributed by atoms with E-state index in [1.165, 1.54) is 30.1 Å². The van der Waals surface area contributed by atoms with Crippen molar-refractivity contribution in [3.63, 3.8) is 0 Å². The van der Waals surface area contributed by atoms with Crippen molar-refractivity contribution in [2.45, 2.75) is 29.6 Å². The Morgan fingerprint density at radius 1 is 0.886 bits per heavy atom. The van der Waals surface area contributed by atoms with Crippen LogP contribution in [0.5, 0.6) is 0 Å². The number of hydrogen-bond acceptors (Lipinski definition) is 4. The zero-order valence-electron chi connectivity index (χ0n) is 17.8. The van der Waals surface area contributed by atoms with Crippen LogP contribution in [0.4, 0.5) is 40.8 Å². The van der Waals surface area contributed by atoms with E-state index in [4.69, 9.17) is 0 Å². The van der Waals surface area contributed by atoms with Gasteiger partial charge in [0.1, 0.15) is 17.3 Å². The van der Waals surface area contributed by atoms with Crippen LogP contribution in [0.3, 0.4) is 0 Å². The van der Waals surface area contributed by atoms with E-state index in [-0.39, 0.29) is 5.56 Å². The molecule has 2 aromatic carbocycles. The van der Waals surface area contributed by atoms with E-state index in [9.17, 15) is 35.1 Å². The van der Waals surface area contributed by atoms with Crippen LogP contribution in [0.1, 0.15) is 18.0 Å². The normalized spacial score (nSPS) is 16.5. The van der Waals surface area contributed by atoms with Crippen LogP contribution in [-0.4, -0.2) is 29.1 Å². The Bertz CT molecular complexity index is 1270. The van der Waals surface area contributed by atoms with E-state index in [1.807, 2.05) is 6.26 Å². The number of nitrogens with zero attached hydrogens (tertiary/aromatic N) is 3. The van der Waals surface area contributed by atoms with Crippen LogP contribution in [0, 0.1) is 17.5 Å². The molecule has 0 radical (unpaired) electrons. The molecule has 3 aromatic rings. The van der Waals surface area contributed by atoms with Crippen molar-refractivity contribution in [1.82, 2.24) is 4.98 Å².